The zero-order valence-corrected chi connectivity index (χ0v) is 9.96. The lowest BCUT2D eigenvalue weighted by Crippen LogP contribution is -2.26. The third-order valence-electron chi connectivity index (χ3n) is 2.57. The number of nitrogens with zero attached hydrogens (tertiary/aromatic N) is 1. The van der Waals surface area contributed by atoms with Crippen molar-refractivity contribution in [1.82, 2.24) is 10.3 Å². The monoisotopic (exact) mass is 252 g/mol. The van der Waals surface area contributed by atoms with Crippen molar-refractivity contribution in [3.8, 4) is 5.88 Å². The van der Waals surface area contributed by atoms with E-state index in [1.54, 1.807) is 12.1 Å². The van der Waals surface area contributed by atoms with E-state index in [0.717, 1.165) is 6.42 Å². The average molecular weight is 252 g/mol. The maximum atomic E-state index is 11.5. The van der Waals surface area contributed by atoms with Crippen LogP contribution in [0.15, 0.2) is 18.3 Å². The highest BCUT2D eigenvalue weighted by Crippen LogP contribution is 2.14. The van der Waals surface area contributed by atoms with E-state index < -0.39 is 0 Å². The van der Waals surface area contributed by atoms with Crippen LogP contribution in [0, 0.1) is 0 Å². The van der Waals surface area contributed by atoms with Crippen LogP contribution in [0.1, 0.15) is 16.8 Å². The summed E-state index contributed by atoms with van der Waals surface area (Å²) >= 11 is 0. The summed E-state index contributed by atoms with van der Waals surface area (Å²) in [6, 6.07) is 3.30. The summed E-state index contributed by atoms with van der Waals surface area (Å²) < 4.78 is 10.8. The van der Waals surface area contributed by atoms with Gasteiger partial charge in [-0.2, -0.15) is 0 Å². The van der Waals surface area contributed by atoms with E-state index in [0.29, 0.717) is 24.7 Å². The zero-order chi connectivity index (χ0) is 12.8. The number of hydrogen-bond acceptors (Lipinski definition) is 5. The molecule has 1 aliphatic heterocycles. The number of aliphatic hydroxyl groups excluding tert-OH is 1. The van der Waals surface area contributed by atoms with Crippen molar-refractivity contribution in [1.29, 1.82) is 0 Å². The van der Waals surface area contributed by atoms with Gasteiger partial charge in [0.05, 0.1) is 25.4 Å². The second-order valence-electron chi connectivity index (χ2n) is 3.97. The number of hydrogen-bond donors (Lipinski definition) is 2. The van der Waals surface area contributed by atoms with Crippen LogP contribution in [-0.2, 0) is 4.74 Å². The first-order valence-electron chi connectivity index (χ1n) is 5.89. The summed E-state index contributed by atoms with van der Waals surface area (Å²) in [6.07, 6.45) is 2.37. The molecule has 98 valence electrons. The van der Waals surface area contributed by atoms with Gasteiger partial charge < -0.3 is 19.9 Å². The number of amides is 1. The van der Waals surface area contributed by atoms with Crippen LogP contribution in [0.25, 0.3) is 0 Å². The predicted octanol–water partition coefficient (Wildman–Crippen LogP) is -0.0286. The van der Waals surface area contributed by atoms with Gasteiger partial charge in [0, 0.05) is 25.2 Å². The van der Waals surface area contributed by atoms with Crippen molar-refractivity contribution < 1.29 is 19.4 Å². The molecule has 6 heteroatoms. The molecule has 0 aromatic carbocycles. The number of nitrogens with one attached hydrogen (secondary N) is 1. The van der Waals surface area contributed by atoms with Crippen LogP contribution < -0.4 is 10.1 Å². The highest BCUT2D eigenvalue weighted by molar-refractivity contribution is 5.93. The molecule has 1 atom stereocenters. The second kappa shape index (κ2) is 6.32. The third-order valence-corrected chi connectivity index (χ3v) is 2.57. The minimum Gasteiger partial charge on any atom is -0.472 e. The van der Waals surface area contributed by atoms with Crippen molar-refractivity contribution in [3.05, 3.63) is 23.9 Å². The smallest absolute Gasteiger partial charge is 0.252 e. The molecule has 1 unspecified atom stereocenters. The van der Waals surface area contributed by atoms with Gasteiger partial charge >= 0.3 is 0 Å². The number of carbonyl (C=O) groups excluding carboxylic acids is 1. The molecule has 2 N–H and O–H groups in total. The predicted molar refractivity (Wildman–Crippen MR) is 63.5 cm³/mol. The molecule has 2 rings (SSSR count). The summed E-state index contributed by atoms with van der Waals surface area (Å²) in [6.45, 7) is 1.45. The molecule has 0 spiro atoms. The van der Waals surface area contributed by atoms with Gasteiger partial charge in [-0.15, -0.1) is 0 Å². The molecule has 1 fully saturated rings. The van der Waals surface area contributed by atoms with Crippen molar-refractivity contribution in [3.63, 3.8) is 0 Å². The van der Waals surface area contributed by atoms with E-state index in [4.69, 9.17) is 14.6 Å². The number of carbonyl (C=O) groups is 1. The zero-order valence-electron chi connectivity index (χ0n) is 9.96. The topological polar surface area (TPSA) is 80.7 Å². The standard InChI is InChI=1S/C12H16N2O4/c15-5-4-13-12(16)9-1-2-11(14-7-9)18-10-3-6-17-8-10/h1-2,7,10,15H,3-6,8H2,(H,13,16). The van der Waals surface area contributed by atoms with Gasteiger partial charge in [-0.1, -0.05) is 0 Å². The van der Waals surface area contributed by atoms with Gasteiger partial charge in [0.25, 0.3) is 5.91 Å². The minimum atomic E-state index is -0.257. The Morgan fingerprint density at radius 2 is 2.50 bits per heavy atom. The molecular weight excluding hydrogens is 236 g/mol. The van der Waals surface area contributed by atoms with E-state index in [1.165, 1.54) is 6.20 Å². The Morgan fingerprint density at radius 1 is 1.61 bits per heavy atom. The van der Waals surface area contributed by atoms with Gasteiger partial charge in [0.15, 0.2) is 0 Å². The number of rotatable bonds is 5. The lowest BCUT2D eigenvalue weighted by molar-refractivity contribution is 0.0944. The number of pyridine rings is 1. The van der Waals surface area contributed by atoms with E-state index in [1.807, 2.05) is 0 Å². The lowest BCUT2D eigenvalue weighted by atomic mass is 10.2. The van der Waals surface area contributed by atoms with E-state index in [2.05, 4.69) is 10.3 Å². The fourth-order valence-electron chi connectivity index (χ4n) is 1.63. The van der Waals surface area contributed by atoms with Gasteiger partial charge in [0.2, 0.25) is 5.88 Å². The summed E-state index contributed by atoms with van der Waals surface area (Å²) in [7, 11) is 0. The quantitative estimate of drug-likeness (QED) is 0.769. The van der Waals surface area contributed by atoms with Crippen molar-refractivity contribution in [2.75, 3.05) is 26.4 Å². The highest BCUT2D eigenvalue weighted by atomic mass is 16.5. The number of aliphatic hydroxyl groups is 1. The van der Waals surface area contributed by atoms with Crippen LogP contribution in [-0.4, -0.2) is 48.5 Å². The van der Waals surface area contributed by atoms with Crippen LogP contribution in [0.3, 0.4) is 0 Å². The highest BCUT2D eigenvalue weighted by Gasteiger charge is 2.17. The normalized spacial score (nSPS) is 18.6. The van der Waals surface area contributed by atoms with E-state index >= 15 is 0 Å². The molecule has 0 radical (unpaired) electrons. The molecule has 2 heterocycles. The van der Waals surface area contributed by atoms with Gasteiger partial charge in [-0.3, -0.25) is 4.79 Å². The third kappa shape index (κ3) is 3.41. The van der Waals surface area contributed by atoms with Crippen LogP contribution in [0.5, 0.6) is 5.88 Å². The maximum Gasteiger partial charge on any atom is 0.252 e. The Balaban J connectivity index is 1.90. The molecule has 0 bridgehead atoms. The second-order valence-corrected chi connectivity index (χ2v) is 3.97. The van der Waals surface area contributed by atoms with Gasteiger partial charge in [-0.25, -0.2) is 4.98 Å². The van der Waals surface area contributed by atoms with Gasteiger partial charge in [-0.05, 0) is 6.07 Å². The molecule has 18 heavy (non-hydrogen) atoms. The first-order chi connectivity index (χ1) is 8.79. The molecule has 1 aromatic heterocycles. The lowest BCUT2D eigenvalue weighted by Gasteiger charge is -2.10. The molecule has 6 nitrogen and oxygen atoms in total. The summed E-state index contributed by atoms with van der Waals surface area (Å²) in [5, 5.41) is 11.2. The van der Waals surface area contributed by atoms with Gasteiger partial charge in [0.1, 0.15) is 6.10 Å². The summed E-state index contributed by atoms with van der Waals surface area (Å²) in [5.74, 6) is 0.233. The Hall–Kier alpha value is -1.66. The summed E-state index contributed by atoms with van der Waals surface area (Å²) in [5.41, 5.74) is 0.443. The first kappa shape index (κ1) is 12.8. The van der Waals surface area contributed by atoms with Crippen LogP contribution >= 0.6 is 0 Å². The van der Waals surface area contributed by atoms with Crippen LogP contribution in [0.4, 0.5) is 0 Å². The Morgan fingerprint density at radius 3 is 3.11 bits per heavy atom. The summed E-state index contributed by atoms with van der Waals surface area (Å²) in [4.78, 5) is 15.6. The fraction of sp³-hybridized carbons (Fsp3) is 0.500. The average Bonchev–Trinajstić information content (AvgIpc) is 2.89. The molecule has 1 aliphatic rings. The Bertz CT molecular complexity index is 388. The molecule has 1 amide bonds. The number of aromatic nitrogens is 1. The van der Waals surface area contributed by atoms with E-state index in [9.17, 15) is 4.79 Å². The van der Waals surface area contributed by atoms with Crippen molar-refractivity contribution >= 4 is 5.91 Å². The van der Waals surface area contributed by atoms with E-state index in [-0.39, 0.29) is 25.2 Å². The Labute approximate surface area is 105 Å². The van der Waals surface area contributed by atoms with Crippen molar-refractivity contribution in [2.45, 2.75) is 12.5 Å². The minimum absolute atomic E-state index is 0.0477. The molecule has 1 aromatic rings. The molecule has 0 aliphatic carbocycles. The number of ether oxygens (including phenoxy) is 2. The molecule has 0 saturated carbocycles. The molecular formula is C12H16N2O4. The molecule has 1 saturated heterocycles. The maximum absolute atomic E-state index is 11.5. The van der Waals surface area contributed by atoms with Crippen LogP contribution in [0.2, 0.25) is 0 Å². The fourth-order valence-corrected chi connectivity index (χ4v) is 1.63. The van der Waals surface area contributed by atoms with Crippen molar-refractivity contribution in [2.24, 2.45) is 0 Å². The largest absolute Gasteiger partial charge is 0.472 e. The SMILES string of the molecule is O=C(NCCO)c1ccc(OC2CCOC2)nc1. The Kier molecular flexibility index (Phi) is 4.49. The first-order valence-corrected chi connectivity index (χ1v) is 5.89.